The maximum absolute atomic E-state index is 14.1. The first-order valence-electron chi connectivity index (χ1n) is 17.4. The first kappa shape index (κ1) is 37.8. The van der Waals surface area contributed by atoms with Crippen molar-refractivity contribution in [1.29, 1.82) is 0 Å². The minimum absolute atomic E-state index is 0.141. The lowest BCUT2D eigenvalue weighted by Crippen LogP contribution is -2.50. The van der Waals surface area contributed by atoms with Crippen LogP contribution in [-0.2, 0) is 17.5 Å². The third-order valence-electron chi connectivity index (χ3n) is 8.94. The van der Waals surface area contributed by atoms with E-state index in [1.165, 1.54) is 30.1 Å². The van der Waals surface area contributed by atoms with E-state index in [1.54, 1.807) is 18.2 Å². The Bertz CT molecular complexity index is 2020. The molecule has 6 rings (SSSR count). The van der Waals surface area contributed by atoms with Crippen LogP contribution in [0.15, 0.2) is 60.8 Å². The van der Waals surface area contributed by atoms with Crippen LogP contribution in [0.25, 0.3) is 0 Å². The number of hydrogen-bond acceptors (Lipinski definition) is 11. The number of hydrogen-bond donors (Lipinski definition) is 4. The number of imide groups is 1. The molecule has 0 radical (unpaired) electrons. The number of pyridine rings is 1. The normalized spacial score (nSPS) is 15.3. The third-order valence-corrected chi connectivity index (χ3v) is 8.94. The maximum atomic E-state index is 14.1. The molecule has 284 valence electrons. The number of alkyl halides is 3. The van der Waals surface area contributed by atoms with Crippen molar-refractivity contribution >= 4 is 52.2 Å². The van der Waals surface area contributed by atoms with Gasteiger partial charge in [0.25, 0.3) is 5.91 Å². The van der Waals surface area contributed by atoms with E-state index in [9.17, 15) is 27.6 Å². The van der Waals surface area contributed by atoms with Gasteiger partial charge in [0.05, 0.1) is 40.0 Å². The molecule has 0 bridgehead atoms. The van der Waals surface area contributed by atoms with E-state index in [0.29, 0.717) is 23.8 Å². The fourth-order valence-corrected chi connectivity index (χ4v) is 6.27. The molecule has 0 unspecified atom stereocenters. The molecule has 0 atom stereocenters. The molecule has 0 saturated carbocycles. The number of urea groups is 1. The van der Waals surface area contributed by atoms with Crippen LogP contribution in [0.2, 0.25) is 0 Å². The zero-order valence-corrected chi connectivity index (χ0v) is 30.3. The molecule has 0 aliphatic carbocycles. The molecule has 17 heteroatoms. The molecular weight excluding hydrogens is 705 g/mol. The molecule has 54 heavy (non-hydrogen) atoms. The van der Waals surface area contributed by atoms with Gasteiger partial charge in [0.2, 0.25) is 5.91 Å². The molecule has 0 spiro atoms. The fourth-order valence-electron chi connectivity index (χ4n) is 6.27. The van der Waals surface area contributed by atoms with Gasteiger partial charge in [0.1, 0.15) is 11.6 Å². The summed E-state index contributed by atoms with van der Waals surface area (Å²) in [6, 6.07) is 14.4. The second-order valence-corrected chi connectivity index (χ2v) is 13.2. The van der Waals surface area contributed by atoms with Crippen LogP contribution in [-0.4, -0.2) is 83.8 Å². The van der Waals surface area contributed by atoms with Gasteiger partial charge in [-0.2, -0.15) is 18.3 Å². The molecule has 2 saturated heterocycles. The van der Waals surface area contributed by atoms with Gasteiger partial charge in [-0.3, -0.25) is 24.7 Å². The molecular formula is C37H41F3N10O4. The Hall–Kier alpha value is -5.97. The molecule has 4 aromatic rings. The number of nitrogens with one attached hydrogen (secondary N) is 4. The van der Waals surface area contributed by atoms with Crippen molar-refractivity contribution in [2.75, 3.05) is 60.2 Å². The summed E-state index contributed by atoms with van der Waals surface area (Å²) in [7, 11) is 1.45. The summed E-state index contributed by atoms with van der Waals surface area (Å²) in [5.74, 6) is 0.279. The van der Waals surface area contributed by atoms with Crippen LogP contribution < -0.4 is 35.8 Å². The summed E-state index contributed by atoms with van der Waals surface area (Å²) >= 11 is 0. The Kier molecular flexibility index (Phi) is 11.2. The second kappa shape index (κ2) is 16.0. The van der Waals surface area contributed by atoms with Crippen molar-refractivity contribution in [2.45, 2.75) is 46.0 Å². The highest BCUT2D eigenvalue weighted by molar-refractivity contribution is 6.05. The number of carbonyl (C=O) groups is 3. The molecule has 4 N–H and O–H groups in total. The fraction of sp³-hybridized carbons (Fsp3) is 0.351. The number of para-hydroxylation sites is 1. The molecule has 2 fully saturated rings. The van der Waals surface area contributed by atoms with E-state index in [4.69, 9.17) is 4.74 Å². The number of rotatable bonds is 11. The van der Waals surface area contributed by atoms with Crippen LogP contribution >= 0.6 is 0 Å². The molecule has 4 amide bonds. The molecule has 2 aliphatic heterocycles. The summed E-state index contributed by atoms with van der Waals surface area (Å²) < 4.78 is 48.5. The number of piperazine rings is 1. The summed E-state index contributed by atoms with van der Waals surface area (Å²) in [6.45, 7) is 9.49. The number of aromatic nitrogens is 3. The van der Waals surface area contributed by atoms with Crippen molar-refractivity contribution in [2.24, 2.45) is 0 Å². The Morgan fingerprint density at radius 2 is 1.70 bits per heavy atom. The van der Waals surface area contributed by atoms with Crippen molar-refractivity contribution < 1.29 is 32.3 Å². The highest BCUT2D eigenvalue weighted by atomic mass is 19.4. The summed E-state index contributed by atoms with van der Waals surface area (Å²) in [6.07, 6.45) is -3.95. The molecule has 2 aromatic heterocycles. The average molecular weight is 747 g/mol. The van der Waals surface area contributed by atoms with Gasteiger partial charge < -0.3 is 25.6 Å². The summed E-state index contributed by atoms with van der Waals surface area (Å²) in [5.41, 5.74) is 2.31. The van der Waals surface area contributed by atoms with Gasteiger partial charge in [-0.15, -0.1) is 5.10 Å². The first-order chi connectivity index (χ1) is 25.8. The summed E-state index contributed by atoms with van der Waals surface area (Å²) in [4.78, 5) is 46.1. The first-order valence-corrected chi connectivity index (χ1v) is 17.4. The standard InChI is InChI=1S/C37H41F3N10O4/c1-22(2)54-31-19-30(49-15-13-48(14-16-49)21-24-9-10-33(47-46-24)50-12-11-34(51)45-36(50)53)23(3)17-29(31)44-32-18-28(26(20-42-32)37(38,39)40)43-27-8-6-5-7-25(27)35(52)41-4/h5-10,17-20,22H,11-16,21H2,1-4H3,(H,41,52)(H2,42,43,44)(H,45,51,53). The van der Waals surface area contributed by atoms with Crippen molar-refractivity contribution in [3.8, 4) is 5.75 Å². The Balaban J connectivity index is 1.16. The lowest BCUT2D eigenvalue weighted by molar-refractivity contribution is -0.137. The Morgan fingerprint density at radius 1 is 0.944 bits per heavy atom. The van der Waals surface area contributed by atoms with Crippen molar-refractivity contribution in [1.82, 2.24) is 30.7 Å². The molecule has 2 aromatic carbocycles. The van der Waals surface area contributed by atoms with Gasteiger partial charge in [0, 0.05) is 76.8 Å². The average Bonchev–Trinajstić information content (AvgIpc) is 3.13. The monoisotopic (exact) mass is 746 g/mol. The summed E-state index contributed by atoms with van der Waals surface area (Å²) in [5, 5.41) is 19.3. The predicted octanol–water partition coefficient (Wildman–Crippen LogP) is 5.60. The third kappa shape index (κ3) is 8.79. The van der Waals surface area contributed by atoms with Gasteiger partial charge in [-0.25, -0.2) is 9.78 Å². The largest absolute Gasteiger partial charge is 0.489 e. The van der Waals surface area contributed by atoms with E-state index in [1.807, 2.05) is 39.0 Å². The zero-order chi connectivity index (χ0) is 38.6. The number of benzene rings is 2. The minimum Gasteiger partial charge on any atom is -0.489 e. The van der Waals surface area contributed by atoms with Crippen molar-refractivity contribution in [3.05, 3.63) is 83.2 Å². The number of ether oxygens (including phenoxy) is 1. The molecule has 14 nitrogen and oxygen atoms in total. The van der Waals surface area contributed by atoms with Crippen LogP contribution in [0.5, 0.6) is 5.75 Å². The highest BCUT2D eigenvalue weighted by Crippen LogP contribution is 2.40. The lowest BCUT2D eigenvalue weighted by Gasteiger charge is -2.37. The predicted molar refractivity (Wildman–Crippen MR) is 198 cm³/mol. The lowest BCUT2D eigenvalue weighted by atomic mass is 10.1. The topological polar surface area (TPSA) is 157 Å². The van der Waals surface area contributed by atoms with Gasteiger partial charge in [0.15, 0.2) is 5.82 Å². The number of carbonyl (C=O) groups excluding carboxylic acids is 3. The van der Waals surface area contributed by atoms with Crippen LogP contribution in [0, 0.1) is 6.92 Å². The quantitative estimate of drug-likeness (QED) is 0.152. The van der Waals surface area contributed by atoms with E-state index in [0.717, 1.165) is 49.3 Å². The van der Waals surface area contributed by atoms with Gasteiger partial charge in [-0.05, 0) is 56.7 Å². The molecule has 4 heterocycles. The smallest absolute Gasteiger partial charge is 0.419 e. The van der Waals surface area contributed by atoms with Gasteiger partial charge >= 0.3 is 12.2 Å². The van der Waals surface area contributed by atoms with Gasteiger partial charge in [-0.1, -0.05) is 12.1 Å². The Labute approximate surface area is 310 Å². The second-order valence-electron chi connectivity index (χ2n) is 13.2. The van der Waals surface area contributed by atoms with Crippen LogP contribution in [0.3, 0.4) is 0 Å². The van der Waals surface area contributed by atoms with E-state index in [2.05, 4.69) is 46.2 Å². The minimum atomic E-state index is -4.71. The van der Waals surface area contributed by atoms with Crippen LogP contribution in [0.1, 0.15) is 47.4 Å². The SMILES string of the molecule is CNC(=O)c1ccccc1Nc1cc(Nc2cc(C)c(N3CCN(Cc4ccc(N5CCC(=O)NC5=O)nn4)CC3)cc2OC(C)C)ncc1C(F)(F)F. The van der Waals surface area contributed by atoms with E-state index in [-0.39, 0.29) is 47.7 Å². The number of anilines is 6. The van der Waals surface area contributed by atoms with E-state index >= 15 is 0 Å². The van der Waals surface area contributed by atoms with E-state index < -0.39 is 23.7 Å². The Morgan fingerprint density at radius 3 is 2.37 bits per heavy atom. The highest BCUT2D eigenvalue weighted by Gasteiger charge is 2.35. The molecule has 2 aliphatic rings. The number of aryl methyl sites for hydroxylation is 1. The zero-order valence-electron chi connectivity index (χ0n) is 30.3. The number of halogens is 3. The number of amides is 4. The number of nitrogens with zero attached hydrogens (tertiary/aromatic N) is 6. The van der Waals surface area contributed by atoms with Crippen LogP contribution in [0.4, 0.5) is 52.4 Å². The van der Waals surface area contributed by atoms with Crippen molar-refractivity contribution in [3.63, 3.8) is 0 Å². The maximum Gasteiger partial charge on any atom is 0.419 e.